The van der Waals surface area contributed by atoms with E-state index in [0.717, 1.165) is 45.0 Å². The van der Waals surface area contributed by atoms with Crippen LogP contribution in [0.3, 0.4) is 0 Å². The van der Waals surface area contributed by atoms with Crippen LogP contribution in [-0.4, -0.2) is 73.5 Å². The average Bonchev–Trinajstić information content (AvgIpc) is 2.62. The molecule has 1 atom stereocenters. The van der Waals surface area contributed by atoms with Crippen molar-refractivity contribution in [3.8, 4) is 0 Å². The maximum Gasteiger partial charge on any atom is 0.227 e. The summed E-state index contributed by atoms with van der Waals surface area (Å²) >= 11 is 0. The Morgan fingerprint density at radius 3 is 2.38 bits per heavy atom. The highest BCUT2D eigenvalue weighted by molar-refractivity contribution is 5.84. The van der Waals surface area contributed by atoms with Crippen LogP contribution in [-0.2, 0) is 9.59 Å². The van der Waals surface area contributed by atoms with Gasteiger partial charge in [-0.15, -0.1) is 0 Å². The topological polar surface area (TPSA) is 55.9 Å². The zero-order valence-electron chi connectivity index (χ0n) is 14.9. The number of halogens is 1. The van der Waals surface area contributed by atoms with E-state index in [0.29, 0.717) is 25.4 Å². The number of amides is 2. The van der Waals surface area contributed by atoms with E-state index in [1.54, 1.807) is 0 Å². The highest BCUT2D eigenvalue weighted by atomic mass is 19.1. The fourth-order valence-corrected chi connectivity index (χ4v) is 4.07. The number of carbonyl (C=O) groups excluding carboxylic acids is 2. The Morgan fingerprint density at radius 2 is 1.77 bits per heavy atom. The molecule has 0 bridgehead atoms. The first-order chi connectivity index (χ1) is 12.6. The van der Waals surface area contributed by atoms with Crippen molar-refractivity contribution in [2.45, 2.75) is 18.9 Å². The Hall–Kier alpha value is -2.15. The van der Waals surface area contributed by atoms with Crippen LogP contribution in [0.5, 0.6) is 0 Å². The Balaban J connectivity index is 1.22. The summed E-state index contributed by atoms with van der Waals surface area (Å²) in [6.07, 6.45) is 1.13. The Morgan fingerprint density at radius 1 is 1.08 bits per heavy atom. The molecular weight excluding hydrogens is 335 g/mol. The van der Waals surface area contributed by atoms with E-state index in [2.05, 4.69) is 15.1 Å². The molecule has 6 nitrogen and oxygen atoms in total. The fraction of sp³-hybridized carbons (Fsp3) is 0.579. The lowest BCUT2D eigenvalue weighted by molar-refractivity contribution is -0.144. The second kappa shape index (κ2) is 7.23. The van der Waals surface area contributed by atoms with Crippen LogP contribution in [0.25, 0.3) is 0 Å². The molecule has 1 aromatic rings. The van der Waals surface area contributed by atoms with Crippen LogP contribution >= 0.6 is 0 Å². The summed E-state index contributed by atoms with van der Waals surface area (Å²) < 4.78 is 13.1. The van der Waals surface area contributed by atoms with Gasteiger partial charge in [-0.1, -0.05) is 0 Å². The lowest BCUT2D eigenvalue weighted by Crippen LogP contribution is -2.65. The number of benzene rings is 1. The third-order valence-electron chi connectivity index (χ3n) is 5.81. The standard InChI is InChI=1S/C19H25FN4O2/c20-15-2-4-16(5-3-15)22-7-9-23(10-8-22)17-12-24(13-17)19(26)14-1-6-18(25)21-11-14/h2-5,14,17H,1,6-13H2,(H,21,25). The summed E-state index contributed by atoms with van der Waals surface area (Å²) in [5, 5.41) is 2.79. The molecule has 26 heavy (non-hydrogen) atoms. The van der Waals surface area contributed by atoms with E-state index in [9.17, 15) is 14.0 Å². The average molecular weight is 360 g/mol. The molecule has 140 valence electrons. The molecule has 3 heterocycles. The second-order valence-corrected chi connectivity index (χ2v) is 7.44. The molecule has 7 heteroatoms. The number of hydrogen-bond donors (Lipinski definition) is 1. The van der Waals surface area contributed by atoms with Crippen molar-refractivity contribution in [2.24, 2.45) is 5.92 Å². The molecule has 1 aromatic carbocycles. The summed E-state index contributed by atoms with van der Waals surface area (Å²) in [7, 11) is 0. The van der Waals surface area contributed by atoms with E-state index in [1.165, 1.54) is 12.1 Å². The third-order valence-corrected chi connectivity index (χ3v) is 5.81. The minimum absolute atomic E-state index is 0.0505. The number of piperidine rings is 1. The molecule has 4 rings (SSSR count). The van der Waals surface area contributed by atoms with Crippen LogP contribution in [0, 0.1) is 11.7 Å². The van der Waals surface area contributed by atoms with Gasteiger partial charge in [0.25, 0.3) is 0 Å². The number of hydrogen-bond acceptors (Lipinski definition) is 4. The van der Waals surface area contributed by atoms with Crippen LogP contribution < -0.4 is 10.2 Å². The molecule has 0 saturated carbocycles. The zero-order chi connectivity index (χ0) is 18.1. The Labute approximate surface area is 152 Å². The van der Waals surface area contributed by atoms with Crippen molar-refractivity contribution >= 4 is 17.5 Å². The lowest BCUT2D eigenvalue weighted by atomic mass is 9.95. The number of rotatable bonds is 3. The van der Waals surface area contributed by atoms with E-state index in [-0.39, 0.29) is 23.5 Å². The van der Waals surface area contributed by atoms with E-state index in [1.807, 2.05) is 17.0 Å². The molecule has 1 unspecified atom stereocenters. The van der Waals surface area contributed by atoms with Gasteiger partial charge in [-0.2, -0.15) is 0 Å². The summed E-state index contributed by atoms with van der Waals surface area (Å²) in [6, 6.07) is 7.11. The first kappa shape index (κ1) is 17.3. The predicted molar refractivity (Wildman–Crippen MR) is 96.3 cm³/mol. The quantitative estimate of drug-likeness (QED) is 0.862. The molecule has 0 aromatic heterocycles. The highest BCUT2D eigenvalue weighted by Crippen LogP contribution is 2.23. The number of piperazine rings is 1. The Bertz CT molecular complexity index is 657. The van der Waals surface area contributed by atoms with Crippen molar-refractivity contribution in [1.82, 2.24) is 15.1 Å². The van der Waals surface area contributed by atoms with Gasteiger partial charge in [0, 0.05) is 64.0 Å². The molecule has 3 saturated heterocycles. The molecule has 1 N–H and O–H groups in total. The molecule has 0 spiro atoms. The first-order valence-corrected chi connectivity index (χ1v) is 9.40. The minimum atomic E-state index is -0.204. The summed E-state index contributed by atoms with van der Waals surface area (Å²) in [5.41, 5.74) is 1.07. The van der Waals surface area contributed by atoms with Gasteiger partial charge in [0.1, 0.15) is 5.82 Å². The van der Waals surface area contributed by atoms with E-state index < -0.39 is 0 Å². The van der Waals surface area contributed by atoms with Crippen molar-refractivity contribution in [1.29, 1.82) is 0 Å². The van der Waals surface area contributed by atoms with Crippen molar-refractivity contribution < 1.29 is 14.0 Å². The molecule has 0 aliphatic carbocycles. The normalized spacial score (nSPS) is 25.0. The van der Waals surface area contributed by atoms with Crippen LogP contribution in [0.4, 0.5) is 10.1 Å². The van der Waals surface area contributed by atoms with Gasteiger partial charge >= 0.3 is 0 Å². The third kappa shape index (κ3) is 3.53. The smallest absolute Gasteiger partial charge is 0.227 e. The Kier molecular flexibility index (Phi) is 4.80. The molecule has 0 radical (unpaired) electrons. The summed E-state index contributed by atoms with van der Waals surface area (Å²) in [5.74, 6) is -0.0196. The maximum atomic E-state index is 13.1. The monoisotopic (exact) mass is 360 g/mol. The number of anilines is 1. The molecular formula is C19H25FN4O2. The van der Waals surface area contributed by atoms with E-state index in [4.69, 9.17) is 0 Å². The molecule has 2 amide bonds. The lowest BCUT2D eigenvalue weighted by Gasteiger charge is -2.49. The van der Waals surface area contributed by atoms with Gasteiger partial charge < -0.3 is 15.1 Å². The first-order valence-electron chi connectivity index (χ1n) is 9.40. The largest absolute Gasteiger partial charge is 0.369 e. The minimum Gasteiger partial charge on any atom is -0.369 e. The SMILES string of the molecule is O=C1CCC(C(=O)N2CC(N3CCN(c4ccc(F)cc4)CC3)C2)CN1. The van der Waals surface area contributed by atoms with Gasteiger partial charge in [-0.3, -0.25) is 14.5 Å². The van der Waals surface area contributed by atoms with Crippen molar-refractivity contribution in [2.75, 3.05) is 50.7 Å². The van der Waals surface area contributed by atoms with Gasteiger partial charge in [0.15, 0.2) is 0 Å². The zero-order valence-corrected chi connectivity index (χ0v) is 14.9. The number of carbonyl (C=O) groups is 2. The molecule has 3 aliphatic heterocycles. The number of nitrogens with one attached hydrogen (secondary N) is 1. The van der Waals surface area contributed by atoms with Crippen molar-refractivity contribution in [3.05, 3.63) is 30.1 Å². The fourth-order valence-electron chi connectivity index (χ4n) is 4.07. The predicted octanol–water partition coefficient (Wildman–Crippen LogP) is 0.685. The maximum absolute atomic E-state index is 13.1. The summed E-state index contributed by atoms with van der Waals surface area (Å²) in [4.78, 5) is 30.4. The van der Waals surface area contributed by atoms with Crippen LogP contribution in [0.2, 0.25) is 0 Å². The van der Waals surface area contributed by atoms with Gasteiger partial charge in [0.2, 0.25) is 11.8 Å². The number of likely N-dealkylation sites (tertiary alicyclic amines) is 1. The van der Waals surface area contributed by atoms with Crippen LogP contribution in [0.1, 0.15) is 12.8 Å². The molecule has 3 fully saturated rings. The second-order valence-electron chi connectivity index (χ2n) is 7.44. The van der Waals surface area contributed by atoms with Gasteiger partial charge in [0.05, 0.1) is 5.92 Å². The number of nitrogens with zero attached hydrogens (tertiary/aromatic N) is 3. The van der Waals surface area contributed by atoms with Crippen molar-refractivity contribution in [3.63, 3.8) is 0 Å². The van der Waals surface area contributed by atoms with Gasteiger partial charge in [-0.05, 0) is 30.7 Å². The highest BCUT2D eigenvalue weighted by Gasteiger charge is 2.39. The van der Waals surface area contributed by atoms with Crippen LogP contribution in [0.15, 0.2) is 24.3 Å². The van der Waals surface area contributed by atoms with E-state index >= 15 is 0 Å². The van der Waals surface area contributed by atoms with Gasteiger partial charge in [-0.25, -0.2) is 4.39 Å². The summed E-state index contributed by atoms with van der Waals surface area (Å²) in [6.45, 7) is 5.83. The molecule has 3 aliphatic rings.